The molecule has 0 saturated carbocycles. The second kappa shape index (κ2) is 4.07. The molecule has 0 amide bonds. The Balaban J connectivity index is 1.88. The van der Waals surface area contributed by atoms with Crippen LogP contribution < -0.4 is 19.8 Å². The molecule has 22 heavy (non-hydrogen) atoms. The van der Waals surface area contributed by atoms with E-state index < -0.39 is 0 Å². The van der Waals surface area contributed by atoms with Gasteiger partial charge in [-0.15, -0.1) is 0 Å². The minimum absolute atomic E-state index is 0.836. The monoisotopic (exact) mass is 285 g/mol. The lowest BCUT2D eigenvalue weighted by Crippen LogP contribution is -2.21. The van der Waals surface area contributed by atoms with Crippen LogP contribution in [-0.2, 0) is 0 Å². The molecule has 2 heterocycles. The molecule has 0 radical (unpaired) electrons. The molecule has 0 aliphatic carbocycles. The smallest absolute Gasteiger partial charge is 0.154 e. The van der Waals surface area contributed by atoms with Crippen molar-refractivity contribution < 1.29 is 9.47 Å². The summed E-state index contributed by atoms with van der Waals surface area (Å²) < 4.78 is 12.2. The van der Waals surface area contributed by atoms with Crippen LogP contribution in [-0.4, -0.2) is 7.85 Å². The third-order valence-corrected chi connectivity index (χ3v) is 4.06. The lowest BCUT2D eigenvalue weighted by molar-refractivity contribution is 0.446. The van der Waals surface area contributed by atoms with E-state index in [1.807, 2.05) is 36.4 Å². The van der Waals surface area contributed by atoms with Gasteiger partial charge in [0.05, 0.1) is 11.4 Å². The lowest BCUT2D eigenvalue weighted by atomic mass is 9.94. The van der Waals surface area contributed by atoms with Gasteiger partial charge in [-0.3, -0.25) is 4.90 Å². The van der Waals surface area contributed by atoms with Crippen molar-refractivity contribution in [3.63, 3.8) is 0 Å². The number of ether oxygens (including phenoxy) is 2. The fourth-order valence-electron chi connectivity index (χ4n) is 3.15. The van der Waals surface area contributed by atoms with Gasteiger partial charge in [0.2, 0.25) is 0 Å². The third kappa shape index (κ3) is 1.47. The molecule has 0 unspecified atom stereocenters. The van der Waals surface area contributed by atoms with Crippen molar-refractivity contribution in [2.45, 2.75) is 0 Å². The maximum absolute atomic E-state index is 6.10. The number of hydrogen-bond acceptors (Lipinski definition) is 3. The van der Waals surface area contributed by atoms with Gasteiger partial charge in [0.15, 0.2) is 23.0 Å². The molecule has 0 aromatic heterocycles. The van der Waals surface area contributed by atoms with Gasteiger partial charge in [-0.2, -0.15) is 0 Å². The summed E-state index contributed by atoms with van der Waals surface area (Å²) >= 11 is 0. The molecule has 104 valence electrons. The molecule has 0 bridgehead atoms. The van der Waals surface area contributed by atoms with Gasteiger partial charge in [-0.25, -0.2) is 0 Å². The van der Waals surface area contributed by atoms with E-state index >= 15 is 0 Å². The fourth-order valence-corrected chi connectivity index (χ4v) is 3.15. The van der Waals surface area contributed by atoms with Crippen molar-refractivity contribution in [2.75, 3.05) is 4.90 Å². The Bertz CT molecular complexity index is 852. The summed E-state index contributed by atoms with van der Waals surface area (Å²) in [7, 11) is 2.05. The zero-order valence-electron chi connectivity index (χ0n) is 12.0. The Morgan fingerprint density at radius 2 is 1.18 bits per heavy atom. The molecule has 2 aliphatic heterocycles. The predicted octanol–water partition coefficient (Wildman–Crippen LogP) is 3.63. The summed E-state index contributed by atoms with van der Waals surface area (Å²) in [5.41, 5.74) is 4.17. The van der Waals surface area contributed by atoms with Crippen molar-refractivity contribution in [3.05, 3.63) is 60.7 Å². The van der Waals surface area contributed by atoms with Crippen LogP contribution in [0.25, 0.3) is 0 Å². The highest BCUT2D eigenvalue weighted by Crippen LogP contribution is 2.58. The average molecular weight is 285 g/mol. The molecule has 2 aliphatic rings. The van der Waals surface area contributed by atoms with Crippen molar-refractivity contribution in [1.29, 1.82) is 0 Å². The zero-order chi connectivity index (χ0) is 14.7. The van der Waals surface area contributed by atoms with Gasteiger partial charge in [-0.05, 0) is 36.4 Å². The standard InChI is InChI=1S/C18H12BNO2/c19-11-9-16-18-17(10-11)22-15-8-4-2-6-13(15)20(18)12-5-1-3-7-14(12)21-16/h1-10H,19H2. The first-order chi connectivity index (χ1) is 10.8. The number of nitrogens with zero attached hydrogens (tertiary/aromatic N) is 1. The molecular formula is C18H12BNO2. The van der Waals surface area contributed by atoms with Crippen LogP contribution in [0.1, 0.15) is 0 Å². The van der Waals surface area contributed by atoms with Crippen molar-refractivity contribution >= 4 is 30.4 Å². The van der Waals surface area contributed by atoms with E-state index in [-0.39, 0.29) is 0 Å². The SMILES string of the molecule is Bc1cc2c3c(c1)Oc1ccccc1N3c1ccccc1O2. The number of fused-ring (bicyclic) bond motifs is 4. The Kier molecular flexibility index (Phi) is 2.18. The fraction of sp³-hybridized carbons (Fsp3) is 0. The second-order valence-corrected chi connectivity index (χ2v) is 5.58. The first-order valence-corrected chi connectivity index (χ1v) is 7.30. The van der Waals surface area contributed by atoms with E-state index in [0.29, 0.717) is 0 Å². The highest BCUT2D eigenvalue weighted by Gasteiger charge is 2.34. The first kappa shape index (κ1) is 11.7. The minimum Gasteiger partial charge on any atom is -0.453 e. The number of rotatable bonds is 0. The van der Waals surface area contributed by atoms with Crippen LogP contribution in [0.15, 0.2) is 60.7 Å². The summed E-state index contributed by atoms with van der Waals surface area (Å²) in [6, 6.07) is 20.3. The highest BCUT2D eigenvalue weighted by atomic mass is 16.5. The molecule has 4 heteroatoms. The lowest BCUT2D eigenvalue weighted by Gasteiger charge is -2.38. The Hall–Kier alpha value is -2.88. The highest BCUT2D eigenvalue weighted by molar-refractivity contribution is 6.33. The molecule has 3 aromatic rings. The largest absolute Gasteiger partial charge is 0.453 e. The van der Waals surface area contributed by atoms with E-state index in [2.05, 4.69) is 37.0 Å². The van der Waals surface area contributed by atoms with Crippen LogP contribution in [0.4, 0.5) is 17.1 Å². The molecule has 5 rings (SSSR count). The van der Waals surface area contributed by atoms with Crippen LogP contribution in [0, 0.1) is 0 Å². The van der Waals surface area contributed by atoms with Crippen molar-refractivity contribution in [1.82, 2.24) is 0 Å². The summed E-state index contributed by atoms with van der Waals surface area (Å²) in [5, 5.41) is 0. The number of hydrogen-bond donors (Lipinski definition) is 0. The Morgan fingerprint density at radius 3 is 1.73 bits per heavy atom. The van der Waals surface area contributed by atoms with Gasteiger partial charge in [0.1, 0.15) is 13.5 Å². The predicted molar refractivity (Wildman–Crippen MR) is 89.5 cm³/mol. The summed E-state index contributed by atoms with van der Waals surface area (Å²) in [6.45, 7) is 0. The van der Waals surface area contributed by atoms with Crippen LogP contribution >= 0.6 is 0 Å². The summed E-state index contributed by atoms with van der Waals surface area (Å²) in [5.74, 6) is 3.40. The normalized spacial score (nSPS) is 13.4. The van der Waals surface area contributed by atoms with E-state index in [1.165, 1.54) is 0 Å². The molecule has 0 N–H and O–H groups in total. The average Bonchev–Trinajstić information content (AvgIpc) is 2.54. The van der Waals surface area contributed by atoms with Crippen LogP contribution in [0.5, 0.6) is 23.0 Å². The number of anilines is 3. The van der Waals surface area contributed by atoms with Gasteiger partial charge in [0.25, 0.3) is 0 Å². The molecule has 0 saturated heterocycles. The molecule has 3 nitrogen and oxygen atoms in total. The van der Waals surface area contributed by atoms with Gasteiger partial charge < -0.3 is 9.47 Å². The van der Waals surface area contributed by atoms with E-state index in [9.17, 15) is 0 Å². The number of benzene rings is 3. The third-order valence-electron chi connectivity index (χ3n) is 4.06. The molecule has 0 atom stereocenters. The van der Waals surface area contributed by atoms with Gasteiger partial charge in [-0.1, -0.05) is 29.7 Å². The topological polar surface area (TPSA) is 21.7 Å². The van der Waals surface area contributed by atoms with E-state index in [4.69, 9.17) is 9.47 Å². The zero-order valence-corrected chi connectivity index (χ0v) is 12.0. The Morgan fingerprint density at radius 1 is 0.682 bits per heavy atom. The first-order valence-electron chi connectivity index (χ1n) is 7.30. The van der Waals surface area contributed by atoms with Crippen molar-refractivity contribution in [3.8, 4) is 23.0 Å². The van der Waals surface area contributed by atoms with E-state index in [1.54, 1.807) is 0 Å². The van der Waals surface area contributed by atoms with Crippen LogP contribution in [0.2, 0.25) is 0 Å². The second-order valence-electron chi connectivity index (χ2n) is 5.58. The minimum atomic E-state index is 0.836. The van der Waals surface area contributed by atoms with Gasteiger partial charge in [0, 0.05) is 0 Å². The maximum Gasteiger partial charge on any atom is 0.154 e. The van der Waals surface area contributed by atoms with Crippen LogP contribution in [0.3, 0.4) is 0 Å². The molecule has 0 fully saturated rings. The van der Waals surface area contributed by atoms with E-state index in [0.717, 1.165) is 45.5 Å². The number of para-hydroxylation sites is 4. The molecule has 3 aromatic carbocycles. The van der Waals surface area contributed by atoms with Gasteiger partial charge >= 0.3 is 0 Å². The Labute approximate surface area is 129 Å². The molecular weight excluding hydrogens is 273 g/mol. The summed E-state index contributed by atoms with van der Waals surface area (Å²) in [6.07, 6.45) is 0. The van der Waals surface area contributed by atoms with Crippen molar-refractivity contribution in [2.24, 2.45) is 0 Å². The maximum atomic E-state index is 6.10. The summed E-state index contributed by atoms with van der Waals surface area (Å²) in [4.78, 5) is 2.22. The molecule has 0 spiro atoms. The quantitative estimate of drug-likeness (QED) is 0.406.